The van der Waals surface area contributed by atoms with E-state index in [2.05, 4.69) is 4.98 Å². The Balaban J connectivity index is 2.40. The number of halogens is 1. The smallest absolute Gasteiger partial charge is 0.178 e. The van der Waals surface area contributed by atoms with Crippen LogP contribution in [0.4, 0.5) is 0 Å². The summed E-state index contributed by atoms with van der Waals surface area (Å²) in [5.74, 6) is 0. The molecular weight excluding hydrogens is 256 g/mol. The van der Waals surface area contributed by atoms with Crippen LogP contribution in [0, 0.1) is 4.77 Å². The number of aromatic nitrogens is 2. The number of H-pyrrole nitrogens is 1. The molecule has 1 aromatic carbocycles. The van der Waals surface area contributed by atoms with E-state index in [1.807, 2.05) is 36.6 Å². The Morgan fingerprint density at radius 2 is 2.29 bits per heavy atom. The van der Waals surface area contributed by atoms with E-state index >= 15 is 0 Å². The quantitative estimate of drug-likeness (QED) is 0.857. The molecule has 0 aliphatic carbocycles. The standard InChI is InChI=1S/C12H15ClN2OS/c1-3-16-8(2)7-15-11-5-4-9(13)6-10(11)14-12(15)17/h4-6,8H,3,7H2,1-2H3,(H,14,17). The number of hydrogen-bond donors (Lipinski definition) is 1. The van der Waals surface area contributed by atoms with Gasteiger partial charge in [-0.15, -0.1) is 0 Å². The van der Waals surface area contributed by atoms with Crippen LogP contribution in [0.25, 0.3) is 11.0 Å². The lowest BCUT2D eigenvalue weighted by Crippen LogP contribution is -2.16. The van der Waals surface area contributed by atoms with Gasteiger partial charge < -0.3 is 14.3 Å². The Morgan fingerprint density at radius 1 is 1.53 bits per heavy atom. The van der Waals surface area contributed by atoms with Crippen LogP contribution < -0.4 is 0 Å². The van der Waals surface area contributed by atoms with Gasteiger partial charge >= 0.3 is 0 Å². The molecule has 2 rings (SSSR count). The lowest BCUT2D eigenvalue weighted by Gasteiger charge is -2.12. The molecule has 92 valence electrons. The van der Waals surface area contributed by atoms with Crippen molar-refractivity contribution in [3.05, 3.63) is 28.0 Å². The Hall–Kier alpha value is -0.840. The second kappa shape index (κ2) is 5.21. The lowest BCUT2D eigenvalue weighted by atomic mass is 10.3. The molecule has 17 heavy (non-hydrogen) atoms. The maximum atomic E-state index is 5.95. The van der Waals surface area contributed by atoms with Crippen molar-refractivity contribution in [3.63, 3.8) is 0 Å². The number of imidazole rings is 1. The predicted molar refractivity (Wildman–Crippen MR) is 73.2 cm³/mol. The molecule has 1 aromatic heterocycles. The van der Waals surface area contributed by atoms with Crippen molar-refractivity contribution >= 4 is 34.9 Å². The molecule has 0 bridgehead atoms. The minimum atomic E-state index is 0.140. The Labute approximate surface area is 110 Å². The first-order valence-electron chi connectivity index (χ1n) is 5.61. The van der Waals surface area contributed by atoms with Crippen LogP contribution in [0.15, 0.2) is 18.2 Å². The third-order valence-corrected chi connectivity index (χ3v) is 3.18. The Bertz CT molecular complexity index is 575. The molecule has 1 heterocycles. The molecular formula is C12H15ClN2OS. The van der Waals surface area contributed by atoms with Gasteiger partial charge in [0.2, 0.25) is 0 Å². The molecule has 5 heteroatoms. The lowest BCUT2D eigenvalue weighted by molar-refractivity contribution is 0.0645. The fraction of sp³-hybridized carbons (Fsp3) is 0.417. The number of ether oxygens (including phenoxy) is 1. The molecule has 0 saturated carbocycles. The number of hydrogen-bond acceptors (Lipinski definition) is 2. The van der Waals surface area contributed by atoms with Crippen LogP contribution in [0.3, 0.4) is 0 Å². The van der Waals surface area contributed by atoms with Gasteiger partial charge in [0.05, 0.1) is 23.7 Å². The summed E-state index contributed by atoms with van der Waals surface area (Å²) in [6.45, 7) is 5.49. The highest BCUT2D eigenvalue weighted by Crippen LogP contribution is 2.19. The number of aromatic amines is 1. The third-order valence-electron chi connectivity index (χ3n) is 2.63. The van der Waals surface area contributed by atoms with Crippen molar-refractivity contribution in [2.75, 3.05) is 6.61 Å². The second-order valence-corrected chi connectivity index (χ2v) is 4.79. The first-order valence-corrected chi connectivity index (χ1v) is 6.40. The summed E-state index contributed by atoms with van der Waals surface area (Å²) in [5.41, 5.74) is 2.03. The fourth-order valence-corrected chi connectivity index (χ4v) is 2.37. The molecule has 1 atom stereocenters. The van der Waals surface area contributed by atoms with Crippen molar-refractivity contribution in [2.45, 2.75) is 26.5 Å². The summed E-state index contributed by atoms with van der Waals surface area (Å²) < 4.78 is 8.28. The minimum Gasteiger partial charge on any atom is -0.377 e. The van der Waals surface area contributed by atoms with E-state index in [-0.39, 0.29) is 6.10 Å². The summed E-state index contributed by atoms with van der Waals surface area (Å²) >= 11 is 11.3. The largest absolute Gasteiger partial charge is 0.377 e. The van der Waals surface area contributed by atoms with E-state index in [0.29, 0.717) is 16.4 Å². The molecule has 2 aromatic rings. The number of nitrogens with one attached hydrogen (secondary N) is 1. The van der Waals surface area contributed by atoms with Crippen LogP contribution in [-0.2, 0) is 11.3 Å². The van der Waals surface area contributed by atoms with Crippen molar-refractivity contribution in [1.82, 2.24) is 9.55 Å². The summed E-state index contributed by atoms with van der Waals surface area (Å²) in [4.78, 5) is 3.15. The first kappa shape index (κ1) is 12.6. The molecule has 0 fully saturated rings. The Kier molecular flexibility index (Phi) is 3.86. The van der Waals surface area contributed by atoms with Crippen molar-refractivity contribution in [3.8, 4) is 0 Å². The zero-order chi connectivity index (χ0) is 12.4. The van der Waals surface area contributed by atoms with Gasteiger partial charge in [0.15, 0.2) is 4.77 Å². The molecule has 0 aliphatic heterocycles. The van der Waals surface area contributed by atoms with E-state index in [0.717, 1.165) is 17.6 Å². The van der Waals surface area contributed by atoms with Crippen LogP contribution in [0.5, 0.6) is 0 Å². The fourth-order valence-electron chi connectivity index (χ4n) is 1.91. The highest BCUT2D eigenvalue weighted by Gasteiger charge is 2.08. The average Bonchev–Trinajstić information content (AvgIpc) is 2.55. The zero-order valence-electron chi connectivity index (χ0n) is 9.87. The van der Waals surface area contributed by atoms with Gasteiger partial charge in [-0.3, -0.25) is 0 Å². The summed E-state index contributed by atoms with van der Waals surface area (Å²) in [6.07, 6.45) is 0.140. The van der Waals surface area contributed by atoms with Crippen LogP contribution in [0.2, 0.25) is 5.02 Å². The van der Waals surface area contributed by atoms with E-state index in [1.54, 1.807) is 0 Å². The third kappa shape index (κ3) is 2.70. The van der Waals surface area contributed by atoms with Crippen molar-refractivity contribution in [1.29, 1.82) is 0 Å². The molecule has 0 amide bonds. The van der Waals surface area contributed by atoms with Crippen molar-refractivity contribution < 1.29 is 4.74 Å². The monoisotopic (exact) mass is 270 g/mol. The molecule has 1 N–H and O–H groups in total. The maximum absolute atomic E-state index is 5.95. The topological polar surface area (TPSA) is 29.9 Å². The summed E-state index contributed by atoms with van der Waals surface area (Å²) in [6, 6.07) is 5.73. The SMILES string of the molecule is CCOC(C)Cn1c(=S)[nH]c2cc(Cl)ccc21. The molecule has 0 spiro atoms. The second-order valence-electron chi connectivity index (χ2n) is 3.97. The molecule has 0 saturated heterocycles. The number of benzene rings is 1. The van der Waals surface area contributed by atoms with Crippen LogP contribution in [-0.4, -0.2) is 22.3 Å². The average molecular weight is 271 g/mol. The van der Waals surface area contributed by atoms with Crippen LogP contribution >= 0.6 is 23.8 Å². The first-order chi connectivity index (χ1) is 8.11. The highest BCUT2D eigenvalue weighted by atomic mass is 35.5. The summed E-state index contributed by atoms with van der Waals surface area (Å²) in [7, 11) is 0. The van der Waals surface area contributed by atoms with E-state index < -0.39 is 0 Å². The normalized spacial score (nSPS) is 13.1. The van der Waals surface area contributed by atoms with Crippen LogP contribution in [0.1, 0.15) is 13.8 Å². The van der Waals surface area contributed by atoms with Gasteiger partial charge in [-0.1, -0.05) is 11.6 Å². The molecule has 1 unspecified atom stereocenters. The number of nitrogens with zero attached hydrogens (tertiary/aromatic N) is 1. The minimum absolute atomic E-state index is 0.140. The number of rotatable bonds is 4. The Morgan fingerprint density at radius 3 is 3.00 bits per heavy atom. The van der Waals surface area contributed by atoms with Gasteiger partial charge in [-0.2, -0.15) is 0 Å². The molecule has 0 aliphatic rings. The maximum Gasteiger partial charge on any atom is 0.178 e. The zero-order valence-corrected chi connectivity index (χ0v) is 11.4. The van der Waals surface area contributed by atoms with Gasteiger partial charge in [0.1, 0.15) is 0 Å². The summed E-state index contributed by atoms with van der Waals surface area (Å²) in [5, 5.41) is 0.707. The van der Waals surface area contributed by atoms with E-state index in [9.17, 15) is 0 Å². The van der Waals surface area contributed by atoms with Gasteiger partial charge in [0.25, 0.3) is 0 Å². The molecule has 3 nitrogen and oxygen atoms in total. The highest BCUT2D eigenvalue weighted by molar-refractivity contribution is 7.71. The molecule has 0 radical (unpaired) electrons. The van der Waals surface area contributed by atoms with Gasteiger partial charge in [-0.25, -0.2) is 0 Å². The van der Waals surface area contributed by atoms with E-state index in [1.165, 1.54) is 0 Å². The van der Waals surface area contributed by atoms with Crippen molar-refractivity contribution in [2.24, 2.45) is 0 Å². The van der Waals surface area contributed by atoms with Gasteiger partial charge in [0, 0.05) is 11.6 Å². The van der Waals surface area contributed by atoms with Gasteiger partial charge in [-0.05, 0) is 44.3 Å². The van der Waals surface area contributed by atoms with E-state index in [4.69, 9.17) is 28.6 Å². The predicted octanol–water partition coefficient (Wildman–Crippen LogP) is 3.78. The number of fused-ring (bicyclic) bond motifs is 1.